The summed E-state index contributed by atoms with van der Waals surface area (Å²) in [5, 5.41) is 6.10. The first-order valence-corrected chi connectivity index (χ1v) is 13.5. The SMILES string of the molecule is COc1ccc(C=Nc2sc3c(c2C(=O)Nc2cc(C)cc(C)c2)CCCCCC3)c2ccccc12. The Hall–Kier alpha value is -3.44. The summed E-state index contributed by atoms with van der Waals surface area (Å²) in [7, 11) is 1.69. The number of rotatable bonds is 5. The first kappa shape index (κ1) is 24.3. The minimum Gasteiger partial charge on any atom is -0.496 e. The van der Waals surface area contributed by atoms with Crippen LogP contribution in [0.4, 0.5) is 10.7 Å². The zero-order chi connectivity index (χ0) is 25.1. The zero-order valence-electron chi connectivity index (χ0n) is 21.2. The number of hydrogen-bond acceptors (Lipinski definition) is 4. The summed E-state index contributed by atoms with van der Waals surface area (Å²) >= 11 is 1.68. The molecule has 1 aromatic heterocycles. The Morgan fingerprint density at radius 3 is 2.42 bits per heavy atom. The highest BCUT2D eigenvalue weighted by atomic mass is 32.1. The van der Waals surface area contributed by atoms with E-state index in [1.807, 2.05) is 42.6 Å². The molecule has 0 saturated heterocycles. The lowest BCUT2D eigenvalue weighted by Crippen LogP contribution is -2.14. The molecule has 1 aliphatic carbocycles. The Morgan fingerprint density at radius 2 is 1.67 bits per heavy atom. The van der Waals surface area contributed by atoms with Crippen LogP contribution in [0.15, 0.2) is 59.6 Å². The number of aryl methyl sites for hydroxylation is 3. The number of hydrogen-bond donors (Lipinski definition) is 1. The summed E-state index contributed by atoms with van der Waals surface area (Å²) in [5.41, 5.74) is 6.04. The van der Waals surface area contributed by atoms with E-state index in [1.54, 1.807) is 18.4 Å². The second-order valence-electron chi connectivity index (χ2n) is 9.59. The Morgan fingerprint density at radius 1 is 0.944 bits per heavy atom. The first-order chi connectivity index (χ1) is 17.5. The Labute approximate surface area is 217 Å². The van der Waals surface area contributed by atoms with E-state index in [2.05, 4.69) is 37.4 Å². The molecule has 4 aromatic rings. The molecule has 0 fully saturated rings. The van der Waals surface area contributed by atoms with Crippen LogP contribution < -0.4 is 10.1 Å². The van der Waals surface area contributed by atoms with Crippen molar-refractivity contribution in [1.29, 1.82) is 0 Å². The quantitative estimate of drug-likeness (QED) is 0.283. The van der Waals surface area contributed by atoms with E-state index in [4.69, 9.17) is 9.73 Å². The first-order valence-electron chi connectivity index (χ1n) is 12.7. The van der Waals surface area contributed by atoms with Crippen molar-refractivity contribution in [3.63, 3.8) is 0 Å². The lowest BCUT2D eigenvalue weighted by Gasteiger charge is -2.12. The molecule has 0 saturated carbocycles. The van der Waals surface area contributed by atoms with E-state index in [9.17, 15) is 4.79 Å². The van der Waals surface area contributed by atoms with Crippen LogP contribution in [-0.4, -0.2) is 19.2 Å². The number of amides is 1. The van der Waals surface area contributed by atoms with Gasteiger partial charge in [-0.15, -0.1) is 11.3 Å². The van der Waals surface area contributed by atoms with E-state index < -0.39 is 0 Å². The molecule has 0 atom stereocenters. The van der Waals surface area contributed by atoms with Gasteiger partial charge in [-0.25, -0.2) is 4.99 Å². The third kappa shape index (κ3) is 5.07. The van der Waals surface area contributed by atoms with Crippen LogP contribution in [0.5, 0.6) is 5.75 Å². The number of methoxy groups -OCH3 is 1. The molecule has 5 heteroatoms. The molecular weight excluding hydrogens is 464 g/mol. The molecule has 5 rings (SSSR count). The minimum atomic E-state index is -0.0650. The Bertz CT molecular complexity index is 1430. The maximum absolute atomic E-state index is 13.7. The second kappa shape index (κ2) is 10.7. The molecule has 1 amide bonds. The van der Waals surface area contributed by atoms with Gasteiger partial charge in [-0.3, -0.25) is 4.79 Å². The van der Waals surface area contributed by atoms with Crippen LogP contribution in [0.3, 0.4) is 0 Å². The van der Waals surface area contributed by atoms with Crippen molar-refractivity contribution >= 4 is 44.9 Å². The van der Waals surface area contributed by atoms with Gasteiger partial charge in [-0.1, -0.05) is 43.2 Å². The van der Waals surface area contributed by atoms with Gasteiger partial charge in [0, 0.05) is 27.7 Å². The topological polar surface area (TPSA) is 50.7 Å². The summed E-state index contributed by atoms with van der Waals surface area (Å²) < 4.78 is 5.55. The number of ether oxygens (including phenoxy) is 1. The zero-order valence-corrected chi connectivity index (χ0v) is 22.0. The highest BCUT2D eigenvalue weighted by molar-refractivity contribution is 7.16. The summed E-state index contributed by atoms with van der Waals surface area (Å²) in [6, 6.07) is 18.4. The van der Waals surface area contributed by atoms with E-state index in [-0.39, 0.29) is 5.91 Å². The number of nitrogens with zero attached hydrogens (tertiary/aromatic N) is 1. The summed E-state index contributed by atoms with van der Waals surface area (Å²) in [6.45, 7) is 4.11. The minimum absolute atomic E-state index is 0.0650. The Balaban J connectivity index is 1.56. The van der Waals surface area contributed by atoms with Crippen LogP contribution >= 0.6 is 11.3 Å². The van der Waals surface area contributed by atoms with E-state index in [1.165, 1.54) is 23.3 Å². The number of aliphatic imine (C=N–C) groups is 1. The number of fused-ring (bicyclic) bond motifs is 2. The van der Waals surface area contributed by atoms with E-state index >= 15 is 0 Å². The lowest BCUT2D eigenvalue weighted by atomic mass is 9.96. The van der Waals surface area contributed by atoms with Gasteiger partial charge in [-0.2, -0.15) is 0 Å². The fourth-order valence-corrected chi connectivity index (χ4v) is 6.41. The highest BCUT2D eigenvalue weighted by Crippen LogP contribution is 2.39. The van der Waals surface area contributed by atoms with Gasteiger partial charge in [0.25, 0.3) is 5.91 Å². The molecule has 36 heavy (non-hydrogen) atoms. The van der Waals surface area contributed by atoms with Crippen molar-refractivity contribution in [3.8, 4) is 5.75 Å². The second-order valence-corrected chi connectivity index (χ2v) is 10.7. The van der Waals surface area contributed by atoms with Crippen LogP contribution in [0, 0.1) is 13.8 Å². The van der Waals surface area contributed by atoms with Crippen molar-refractivity contribution in [2.75, 3.05) is 12.4 Å². The van der Waals surface area contributed by atoms with Crippen LogP contribution in [0.1, 0.15) is 63.2 Å². The number of benzene rings is 3. The fraction of sp³-hybridized carbons (Fsp3) is 0.290. The third-order valence-corrected chi connectivity index (χ3v) is 8.02. The summed E-state index contributed by atoms with van der Waals surface area (Å²) in [5.74, 6) is 0.778. The number of anilines is 1. The molecule has 0 bridgehead atoms. The van der Waals surface area contributed by atoms with Crippen LogP contribution in [0.25, 0.3) is 10.8 Å². The van der Waals surface area contributed by atoms with Gasteiger partial charge in [0.2, 0.25) is 0 Å². The molecule has 0 radical (unpaired) electrons. The van der Waals surface area contributed by atoms with Crippen molar-refractivity contribution in [2.24, 2.45) is 4.99 Å². The number of carbonyl (C=O) groups excluding carboxylic acids is 1. The molecule has 0 spiro atoms. The molecule has 0 unspecified atom stereocenters. The summed E-state index contributed by atoms with van der Waals surface area (Å²) in [6.07, 6.45) is 8.58. The number of nitrogens with one attached hydrogen (secondary N) is 1. The van der Waals surface area contributed by atoms with Gasteiger partial charge in [0.15, 0.2) is 0 Å². The monoisotopic (exact) mass is 496 g/mol. The smallest absolute Gasteiger partial charge is 0.259 e. The van der Waals surface area contributed by atoms with Crippen molar-refractivity contribution in [2.45, 2.75) is 52.4 Å². The highest BCUT2D eigenvalue weighted by Gasteiger charge is 2.24. The van der Waals surface area contributed by atoms with E-state index in [0.29, 0.717) is 0 Å². The van der Waals surface area contributed by atoms with Crippen LogP contribution in [0.2, 0.25) is 0 Å². The normalized spacial score (nSPS) is 13.9. The maximum Gasteiger partial charge on any atom is 0.259 e. The molecule has 1 heterocycles. The molecule has 4 nitrogen and oxygen atoms in total. The number of carbonyl (C=O) groups is 1. The van der Waals surface area contributed by atoms with Crippen molar-refractivity contribution in [3.05, 3.63) is 87.3 Å². The average molecular weight is 497 g/mol. The Kier molecular flexibility index (Phi) is 7.19. The van der Waals surface area contributed by atoms with Gasteiger partial charge in [0.05, 0.1) is 12.7 Å². The van der Waals surface area contributed by atoms with Crippen molar-refractivity contribution < 1.29 is 9.53 Å². The maximum atomic E-state index is 13.7. The standard InChI is InChI=1S/C31H32N2O2S/c1-20-16-21(2)18-23(17-20)33-30(34)29-26-12-6-4-5-7-13-28(26)36-31(29)32-19-22-14-15-27(35-3)25-11-9-8-10-24(22)25/h8-11,14-19H,4-7,12-13H2,1-3H3,(H,33,34). The molecule has 184 valence electrons. The van der Waals surface area contributed by atoms with E-state index in [0.717, 1.165) is 75.1 Å². The van der Waals surface area contributed by atoms with Gasteiger partial charge >= 0.3 is 0 Å². The van der Waals surface area contributed by atoms with Gasteiger partial charge in [0.1, 0.15) is 10.8 Å². The third-order valence-electron chi connectivity index (χ3n) is 6.82. The molecule has 3 aromatic carbocycles. The number of thiophene rings is 1. The molecule has 0 aliphatic heterocycles. The van der Waals surface area contributed by atoms with Crippen molar-refractivity contribution in [1.82, 2.24) is 0 Å². The molecule has 1 aliphatic rings. The summed E-state index contributed by atoms with van der Waals surface area (Å²) in [4.78, 5) is 20.0. The predicted molar refractivity (Wildman–Crippen MR) is 152 cm³/mol. The molecular formula is C31H32N2O2S. The largest absolute Gasteiger partial charge is 0.496 e. The molecule has 1 N–H and O–H groups in total. The van der Waals surface area contributed by atoms with Gasteiger partial charge < -0.3 is 10.1 Å². The predicted octanol–water partition coefficient (Wildman–Crippen LogP) is 8.19. The average Bonchev–Trinajstić information content (AvgIpc) is 3.18. The fourth-order valence-electron chi connectivity index (χ4n) is 5.18. The van der Waals surface area contributed by atoms with Gasteiger partial charge in [-0.05, 0) is 85.9 Å². The lowest BCUT2D eigenvalue weighted by molar-refractivity contribution is 0.102. The van der Waals surface area contributed by atoms with Crippen LogP contribution in [-0.2, 0) is 12.8 Å².